The number of rotatable bonds is 1. The largest absolute Gasteiger partial charge is 0.392 e. The Labute approximate surface area is 58.1 Å². The summed E-state index contributed by atoms with van der Waals surface area (Å²) in [5, 5.41) is 9.43. The maximum atomic E-state index is 9.43. The van der Waals surface area contributed by atoms with E-state index in [1.54, 1.807) is 0 Å². The number of aliphatic hydroxyl groups excluding tert-OH is 1. The fourth-order valence-electron chi connectivity index (χ4n) is 0.866. The fourth-order valence-corrected chi connectivity index (χ4v) is 0.866. The first-order valence-electron chi connectivity index (χ1n) is 3.34. The normalized spacial score (nSPS) is 16.3. The topological polar surface area (TPSA) is 20.2 Å². The smallest absolute Gasteiger partial charge is 0.0645 e. The van der Waals surface area contributed by atoms with Gasteiger partial charge in [0, 0.05) is 0 Å². The average molecular weight is 129 g/mol. The molecule has 1 nitrogen and oxygen atoms in total. The predicted molar refractivity (Wildman–Crippen MR) is 40.1 cm³/mol. The van der Waals surface area contributed by atoms with Crippen LogP contribution in [-0.4, -0.2) is 11.2 Å². The summed E-state index contributed by atoms with van der Waals surface area (Å²) < 4.78 is 0. The SMILES string of the molecule is C[C](C)C(O)C(C)(C)C. The first-order chi connectivity index (χ1) is 3.85. The number of aliphatic hydroxyl groups is 1. The lowest BCUT2D eigenvalue weighted by Crippen LogP contribution is -2.29. The highest BCUT2D eigenvalue weighted by molar-refractivity contribution is 4.93. The van der Waals surface area contributed by atoms with Crippen LogP contribution in [-0.2, 0) is 0 Å². The van der Waals surface area contributed by atoms with E-state index in [9.17, 15) is 5.11 Å². The molecular weight excluding hydrogens is 112 g/mol. The summed E-state index contributed by atoms with van der Waals surface area (Å²) in [4.78, 5) is 0. The monoisotopic (exact) mass is 129 g/mol. The van der Waals surface area contributed by atoms with Crippen LogP contribution >= 0.6 is 0 Å². The molecule has 1 atom stereocenters. The summed E-state index contributed by atoms with van der Waals surface area (Å²) in [7, 11) is 0. The molecule has 0 heterocycles. The highest BCUT2D eigenvalue weighted by Gasteiger charge is 2.24. The zero-order chi connectivity index (χ0) is 7.65. The number of hydrogen-bond acceptors (Lipinski definition) is 1. The lowest BCUT2D eigenvalue weighted by atomic mass is 9.83. The van der Waals surface area contributed by atoms with Gasteiger partial charge in [-0.3, -0.25) is 0 Å². The molecule has 55 valence electrons. The third-order valence-electron chi connectivity index (χ3n) is 1.37. The highest BCUT2D eigenvalue weighted by Crippen LogP contribution is 2.25. The van der Waals surface area contributed by atoms with Gasteiger partial charge in [0.25, 0.3) is 0 Å². The van der Waals surface area contributed by atoms with Crippen molar-refractivity contribution in [2.45, 2.75) is 40.7 Å². The van der Waals surface area contributed by atoms with Crippen LogP contribution in [0.3, 0.4) is 0 Å². The van der Waals surface area contributed by atoms with E-state index in [2.05, 4.69) is 0 Å². The fraction of sp³-hybridized carbons (Fsp3) is 0.875. The summed E-state index contributed by atoms with van der Waals surface area (Å²) in [6, 6.07) is 0. The molecule has 0 amide bonds. The Hall–Kier alpha value is -0.0400. The molecule has 0 saturated heterocycles. The number of hydrogen-bond donors (Lipinski definition) is 1. The summed E-state index contributed by atoms with van der Waals surface area (Å²) >= 11 is 0. The van der Waals surface area contributed by atoms with Gasteiger partial charge in [0.2, 0.25) is 0 Å². The molecule has 1 heteroatoms. The van der Waals surface area contributed by atoms with Gasteiger partial charge in [0.15, 0.2) is 0 Å². The minimum atomic E-state index is -0.266. The molecule has 1 radical (unpaired) electrons. The highest BCUT2D eigenvalue weighted by atomic mass is 16.3. The van der Waals surface area contributed by atoms with Crippen LogP contribution in [0.4, 0.5) is 0 Å². The van der Waals surface area contributed by atoms with Gasteiger partial charge in [0.1, 0.15) is 0 Å². The van der Waals surface area contributed by atoms with Gasteiger partial charge >= 0.3 is 0 Å². The molecule has 1 N–H and O–H groups in total. The van der Waals surface area contributed by atoms with E-state index in [0.29, 0.717) is 0 Å². The quantitative estimate of drug-likeness (QED) is 0.574. The molecule has 0 rings (SSSR count). The zero-order valence-electron chi connectivity index (χ0n) is 7.02. The van der Waals surface area contributed by atoms with Gasteiger partial charge in [-0.2, -0.15) is 0 Å². The minimum Gasteiger partial charge on any atom is -0.392 e. The van der Waals surface area contributed by atoms with Gasteiger partial charge < -0.3 is 5.11 Å². The average Bonchev–Trinajstić information content (AvgIpc) is 1.62. The van der Waals surface area contributed by atoms with E-state index in [4.69, 9.17) is 0 Å². The van der Waals surface area contributed by atoms with E-state index in [1.165, 1.54) is 0 Å². The van der Waals surface area contributed by atoms with Crippen molar-refractivity contribution in [2.24, 2.45) is 5.41 Å². The van der Waals surface area contributed by atoms with Crippen molar-refractivity contribution >= 4 is 0 Å². The van der Waals surface area contributed by atoms with Crippen LogP contribution in [0.2, 0.25) is 0 Å². The lowest BCUT2D eigenvalue weighted by molar-refractivity contribution is 0.0765. The minimum absolute atomic E-state index is 0.00116. The Morgan fingerprint density at radius 2 is 1.56 bits per heavy atom. The van der Waals surface area contributed by atoms with Crippen LogP contribution in [0.5, 0.6) is 0 Å². The Kier molecular flexibility index (Phi) is 2.68. The molecular formula is C8H17O. The van der Waals surface area contributed by atoms with E-state index in [1.807, 2.05) is 34.6 Å². The van der Waals surface area contributed by atoms with Crippen molar-refractivity contribution in [3.8, 4) is 0 Å². The molecule has 9 heavy (non-hydrogen) atoms. The Morgan fingerprint density at radius 3 is 1.56 bits per heavy atom. The molecule has 1 unspecified atom stereocenters. The van der Waals surface area contributed by atoms with Crippen LogP contribution in [0.25, 0.3) is 0 Å². The first kappa shape index (κ1) is 8.96. The van der Waals surface area contributed by atoms with Crippen LogP contribution in [0.15, 0.2) is 0 Å². The van der Waals surface area contributed by atoms with Crippen molar-refractivity contribution in [1.82, 2.24) is 0 Å². The molecule has 0 fully saturated rings. The standard InChI is InChI=1S/C8H17O/c1-6(2)7(9)8(3,4)5/h7,9H,1-5H3. The predicted octanol–water partition coefficient (Wildman–Crippen LogP) is 2.01. The lowest BCUT2D eigenvalue weighted by Gasteiger charge is -2.28. The van der Waals surface area contributed by atoms with Gasteiger partial charge in [-0.05, 0) is 11.3 Å². The molecule has 0 aliphatic rings. The Bertz CT molecular complexity index is 79.1. The summed E-state index contributed by atoms with van der Waals surface area (Å²) in [6.07, 6.45) is -0.266. The third kappa shape index (κ3) is 2.85. The second kappa shape index (κ2) is 2.70. The van der Waals surface area contributed by atoms with Gasteiger partial charge in [-0.1, -0.05) is 34.6 Å². The van der Waals surface area contributed by atoms with Crippen molar-refractivity contribution in [3.05, 3.63) is 5.92 Å². The first-order valence-corrected chi connectivity index (χ1v) is 3.34. The molecule has 0 bridgehead atoms. The van der Waals surface area contributed by atoms with Crippen molar-refractivity contribution in [1.29, 1.82) is 0 Å². The molecule has 0 aliphatic carbocycles. The van der Waals surface area contributed by atoms with Gasteiger partial charge in [-0.25, -0.2) is 0 Å². The van der Waals surface area contributed by atoms with E-state index in [0.717, 1.165) is 5.92 Å². The van der Waals surface area contributed by atoms with Crippen molar-refractivity contribution in [3.63, 3.8) is 0 Å². The van der Waals surface area contributed by atoms with Crippen LogP contribution in [0.1, 0.15) is 34.6 Å². The van der Waals surface area contributed by atoms with Gasteiger partial charge in [0.05, 0.1) is 6.10 Å². The molecule has 0 aromatic carbocycles. The third-order valence-corrected chi connectivity index (χ3v) is 1.37. The Morgan fingerprint density at radius 1 is 1.22 bits per heavy atom. The van der Waals surface area contributed by atoms with Crippen molar-refractivity contribution in [2.75, 3.05) is 0 Å². The van der Waals surface area contributed by atoms with E-state index < -0.39 is 0 Å². The Balaban J connectivity index is 3.88. The summed E-state index contributed by atoms with van der Waals surface area (Å²) in [5.41, 5.74) is -0.00116. The molecule has 0 saturated carbocycles. The second-order valence-electron chi connectivity index (χ2n) is 3.85. The van der Waals surface area contributed by atoms with Crippen LogP contribution < -0.4 is 0 Å². The van der Waals surface area contributed by atoms with Crippen molar-refractivity contribution < 1.29 is 5.11 Å². The van der Waals surface area contributed by atoms with Gasteiger partial charge in [-0.15, -0.1) is 0 Å². The maximum absolute atomic E-state index is 9.43. The molecule has 0 aromatic rings. The van der Waals surface area contributed by atoms with Crippen LogP contribution in [0, 0.1) is 11.3 Å². The zero-order valence-corrected chi connectivity index (χ0v) is 7.02. The second-order valence-corrected chi connectivity index (χ2v) is 3.85. The maximum Gasteiger partial charge on any atom is 0.0645 e. The van der Waals surface area contributed by atoms with E-state index in [-0.39, 0.29) is 11.5 Å². The summed E-state index contributed by atoms with van der Waals surface area (Å²) in [6.45, 7) is 10.0. The molecule has 0 aliphatic heterocycles. The molecule has 0 spiro atoms. The van der Waals surface area contributed by atoms with E-state index >= 15 is 0 Å². The molecule has 0 aromatic heterocycles. The summed E-state index contributed by atoms with van der Waals surface area (Å²) in [5.74, 6) is 1.09.